The minimum absolute atomic E-state index is 0.0839. The summed E-state index contributed by atoms with van der Waals surface area (Å²) < 4.78 is 5.53. The lowest BCUT2D eigenvalue weighted by Crippen LogP contribution is -2.32. The number of nitrogens with zero attached hydrogens (tertiary/aromatic N) is 1. The molecule has 1 unspecified atom stereocenters. The average Bonchev–Trinajstić information content (AvgIpc) is 2.61. The van der Waals surface area contributed by atoms with E-state index in [9.17, 15) is 9.90 Å². The molecule has 4 nitrogen and oxygen atoms in total. The van der Waals surface area contributed by atoms with E-state index in [1.807, 2.05) is 38.1 Å². The second-order valence-corrected chi connectivity index (χ2v) is 5.98. The summed E-state index contributed by atoms with van der Waals surface area (Å²) in [6.45, 7) is 6.35. The molecule has 1 atom stereocenters. The van der Waals surface area contributed by atoms with Crippen LogP contribution in [-0.2, 0) is 0 Å². The monoisotopic (exact) mass is 291 g/mol. The maximum Gasteiger partial charge on any atom is 0.180 e. The molecule has 1 aromatic rings. The number of hydrogen-bond donors (Lipinski definition) is 1. The molecule has 0 saturated carbocycles. The number of hydrogen-bond acceptors (Lipinski definition) is 4. The molecule has 0 amide bonds. The zero-order chi connectivity index (χ0) is 15.3. The van der Waals surface area contributed by atoms with Crippen molar-refractivity contribution in [2.45, 2.75) is 38.7 Å². The molecule has 4 heteroatoms. The molecule has 116 valence electrons. The van der Waals surface area contributed by atoms with Crippen molar-refractivity contribution in [3.63, 3.8) is 0 Å². The molecule has 1 heterocycles. The largest absolute Gasteiger partial charge is 0.493 e. The highest BCUT2D eigenvalue weighted by Gasteiger charge is 2.26. The number of aliphatic hydroxyl groups is 1. The van der Waals surface area contributed by atoms with Gasteiger partial charge in [-0.3, -0.25) is 9.69 Å². The Morgan fingerprint density at radius 1 is 1.33 bits per heavy atom. The van der Waals surface area contributed by atoms with Crippen LogP contribution in [0.4, 0.5) is 0 Å². The normalized spacial score (nSPS) is 23.6. The van der Waals surface area contributed by atoms with Gasteiger partial charge in [0.05, 0.1) is 24.3 Å². The summed E-state index contributed by atoms with van der Waals surface area (Å²) in [6.07, 6.45) is 2.44. The van der Waals surface area contributed by atoms with Crippen molar-refractivity contribution in [2.24, 2.45) is 0 Å². The van der Waals surface area contributed by atoms with Crippen LogP contribution in [0, 0.1) is 0 Å². The van der Waals surface area contributed by atoms with Crippen LogP contribution in [0.1, 0.15) is 43.5 Å². The van der Waals surface area contributed by atoms with Gasteiger partial charge in [-0.05, 0) is 51.8 Å². The zero-order valence-corrected chi connectivity index (χ0v) is 13.0. The summed E-state index contributed by atoms with van der Waals surface area (Å²) in [5, 5.41) is 10.1. The number of carbonyl (C=O) groups is 1. The first-order chi connectivity index (χ1) is 10.0. The SMILES string of the molecule is CCOc1ccccc1C(=O)CN1CCCC(C)(O)CC1. The van der Waals surface area contributed by atoms with Crippen molar-refractivity contribution in [2.75, 3.05) is 26.2 Å². The Morgan fingerprint density at radius 3 is 2.86 bits per heavy atom. The standard InChI is InChI=1S/C17H25NO3/c1-3-21-16-8-5-4-7-14(16)15(19)13-18-11-6-9-17(2,20)10-12-18/h4-5,7-8,20H,3,6,9-13H2,1-2H3. The van der Waals surface area contributed by atoms with Crippen molar-refractivity contribution in [3.8, 4) is 5.75 Å². The number of para-hydroxylation sites is 1. The van der Waals surface area contributed by atoms with E-state index >= 15 is 0 Å². The molecule has 0 spiro atoms. The predicted molar refractivity (Wildman–Crippen MR) is 82.9 cm³/mol. The summed E-state index contributed by atoms with van der Waals surface area (Å²) in [5.41, 5.74) is 0.0523. The Morgan fingerprint density at radius 2 is 2.10 bits per heavy atom. The first-order valence-electron chi connectivity index (χ1n) is 7.71. The lowest BCUT2D eigenvalue weighted by molar-refractivity contribution is 0.0444. The van der Waals surface area contributed by atoms with Crippen LogP contribution in [0.2, 0.25) is 0 Å². The van der Waals surface area contributed by atoms with Gasteiger partial charge < -0.3 is 9.84 Å². The van der Waals surface area contributed by atoms with Gasteiger partial charge in [-0.25, -0.2) is 0 Å². The molecule has 1 aliphatic heterocycles. The Labute approximate surface area is 126 Å². The fourth-order valence-electron chi connectivity index (χ4n) is 2.74. The minimum atomic E-state index is -0.596. The minimum Gasteiger partial charge on any atom is -0.493 e. The Hall–Kier alpha value is -1.39. The molecule has 21 heavy (non-hydrogen) atoms. The number of Topliss-reactive ketones (excluding diaryl/α,β-unsaturated/α-hetero) is 1. The molecule has 0 bridgehead atoms. The molecule has 2 rings (SSSR count). The van der Waals surface area contributed by atoms with Gasteiger partial charge in [-0.15, -0.1) is 0 Å². The van der Waals surface area contributed by atoms with Crippen LogP contribution in [0.5, 0.6) is 5.75 Å². The summed E-state index contributed by atoms with van der Waals surface area (Å²) in [6, 6.07) is 7.40. The van der Waals surface area contributed by atoms with Crippen molar-refractivity contribution < 1.29 is 14.6 Å². The first-order valence-corrected chi connectivity index (χ1v) is 7.71. The number of rotatable bonds is 5. The van der Waals surface area contributed by atoms with E-state index in [1.165, 1.54) is 0 Å². The molecule has 1 fully saturated rings. The molecular formula is C17H25NO3. The first kappa shape index (κ1) is 16.0. The van der Waals surface area contributed by atoms with Crippen LogP contribution < -0.4 is 4.74 Å². The molecule has 0 aromatic heterocycles. The number of carbonyl (C=O) groups excluding carboxylic acids is 1. The van der Waals surface area contributed by atoms with Gasteiger partial charge in [0.2, 0.25) is 0 Å². The highest BCUT2D eigenvalue weighted by Crippen LogP contribution is 2.23. The predicted octanol–water partition coefficient (Wildman–Crippen LogP) is 2.50. The van der Waals surface area contributed by atoms with Crippen molar-refractivity contribution in [3.05, 3.63) is 29.8 Å². The van der Waals surface area contributed by atoms with Gasteiger partial charge in [0.1, 0.15) is 5.75 Å². The molecule has 1 N–H and O–H groups in total. The Bertz CT molecular complexity index is 485. The highest BCUT2D eigenvalue weighted by molar-refractivity contribution is 6.00. The topological polar surface area (TPSA) is 49.8 Å². The van der Waals surface area contributed by atoms with E-state index < -0.39 is 5.60 Å². The van der Waals surface area contributed by atoms with Gasteiger partial charge in [0, 0.05) is 6.54 Å². The van der Waals surface area contributed by atoms with E-state index in [4.69, 9.17) is 4.74 Å². The van der Waals surface area contributed by atoms with Gasteiger partial charge in [0.25, 0.3) is 0 Å². The molecular weight excluding hydrogens is 266 g/mol. The fourth-order valence-corrected chi connectivity index (χ4v) is 2.74. The molecule has 0 radical (unpaired) electrons. The van der Waals surface area contributed by atoms with E-state index in [-0.39, 0.29) is 5.78 Å². The highest BCUT2D eigenvalue weighted by atomic mass is 16.5. The van der Waals surface area contributed by atoms with Crippen LogP contribution >= 0.6 is 0 Å². The zero-order valence-electron chi connectivity index (χ0n) is 13.0. The quantitative estimate of drug-likeness (QED) is 0.847. The van der Waals surface area contributed by atoms with Gasteiger partial charge in [0.15, 0.2) is 5.78 Å². The van der Waals surface area contributed by atoms with E-state index in [1.54, 1.807) is 0 Å². The summed E-state index contributed by atoms with van der Waals surface area (Å²) in [5.74, 6) is 0.743. The second kappa shape index (κ2) is 7.05. The Kier molecular flexibility index (Phi) is 5.37. The smallest absolute Gasteiger partial charge is 0.180 e. The van der Waals surface area contributed by atoms with Crippen molar-refractivity contribution in [1.29, 1.82) is 0 Å². The van der Waals surface area contributed by atoms with Crippen LogP contribution in [-0.4, -0.2) is 47.6 Å². The molecule has 0 aliphatic carbocycles. The van der Waals surface area contributed by atoms with Crippen LogP contribution in [0.3, 0.4) is 0 Å². The number of ketones is 1. The average molecular weight is 291 g/mol. The summed E-state index contributed by atoms with van der Waals surface area (Å²) >= 11 is 0. The maximum atomic E-state index is 12.5. The van der Waals surface area contributed by atoms with Gasteiger partial charge in [-0.1, -0.05) is 12.1 Å². The molecule has 1 saturated heterocycles. The number of ether oxygens (including phenoxy) is 1. The van der Waals surface area contributed by atoms with E-state index in [0.29, 0.717) is 30.9 Å². The third-order valence-corrected chi connectivity index (χ3v) is 4.01. The molecule has 1 aromatic carbocycles. The van der Waals surface area contributed by atoms with Crippen LogP contribution in [0.15, 0.2) is 24.3 Å². The van der Waals surface area contributed by atoms with Gasteiger partial charge in [-0.2, -0.15) is 0 Å². The number of benzene rings is 1. The maximum absolute atomic E-state index is 12.5. The van der Waals surface area contributed by atoms with Crippen molar-refractivity contribution >= 4 is 5.78 Å². The van der Waals surface area contributed by atoms with E-state index in [2.05, 4.69) is 4.90 Å². The lowest BCUT2D eigenvalue weighted by atomic mass is 9.98. The van der Waals surface area contributed by atoms with Gasteiger partial charge >= 0.3 is 0 Å². The second-order valence-electron chi connectivity index (χ2n) is 5.98. The Balaban J connectivity index is 2.01. The lowest BCUT2D eigenvalue weighted by Gasteiger charge is -2.22. The third kappa shape index (κ3) is 4.55. The summed E-state index contributed by atoms with van der Waals surface area (Å²) in [7, 11) is 0. The summed E-state index contributed by atoms with van der Waals surface area (Å²) in [4.78, 5) is 14.6. The fraction of sp³-hybridized carbons (Fsp3) is 0.588. The third-order valence-electron chi connectivity index (χ3n) is 4.01. The molecule has 1 aliphatic rings. The number of likely N-dealkylation sites (tertiary alicyclic amines) is 1. The van der Waals surface area contributed by atoms with Crippen molar-refractivity contribution in [1.82, 2.24) is 4.90 Å². The van der Waals surface area contributed by atoms with Crippen LogP contribution in [0.25, 0.3) is 0 Å². The van der Waals surface area contributed by atoms with E-state index in [0.717, 1.165) is 25.9 Å².